The normalized spacial score (nSPS) is 7.12. The minimum atomic E-state index is -0.347. The molecule has 0 saturated carbocycles. The first-order chi connectivity index (χ1) is 3.13. The van der Waals surface area contributed by atoms with E-state index in [-0.39, 0.29) is 59.4 Å². The van der Waals surface area contributed by atoms with Gasteiger partial charge in [0, 0.05) is 0 Å². The van der Waals surface area contributed by atoms with Gasteiger partial charge in [-0.1, -0.05) is 27.9 Å². The van der Waals surface area contributed by atoms with Crippen molar-refractivity contribution in [3.63, 3.8) is 0 Å². The second-order valence-electron chi connectivity index (χ2n) is 0.618. The average molecular weight is 208 g/mol. The molecule has 0 radical (unpaired) electrons. The molecule has 0 bridgehead atoms. The van der Waals surface area contributed by atoms with Gasteiger partial charge in [-0.15, -0.1) is 0 Å². The summed E-state index contributed by atoms with van der Waals surface area (Å²) >= 11 is 12.9. The van der Waals surface area contributed by atoms with Crippen molar-refractivity contribution >= 4 is 57.2 Å². The molecule has 0 aromatic heterocycles. The van der Waals surface area contributed by atoms with Crippen LogP contribution in [0.3, 0.4) is 0 Å². The molecule has 0 spiro atoms. The van der Waals surface area contributed by atoms with Crippen LogP contribution in [0, 0.1) is 0 Å². The van der Waals surface area contributed by atoms with Gasteiger partial charge in [0.1, 0.15) is 0 Å². The number of carbonyl (C=O) groups is 1. The summed E-state index contributed by atoms with van der Waals surface area (Å²) in [5.74, 6) is 0. The molecule has 0 saturated heterocycles. The van der Waals surface area contributed by atoms with Crippen LogP contribution in [0.25, 0.3) is 0 Å². The van der Waals surface area contributed by atoms with E-state index in [9.17, 15) is 4.79 Å². The average Bonchev–Trinajstić information content (AvgIpc) is 1.27. The maximum Gasteiger partial charge on any atom is 1.00 e. The van der Waals surface area contributed by atoms with Crippen molar-refractivity contribution in [3.8, 4) is 0 Å². The minimum absolute atomic E-state index is 0. The van der Waals surface area contributed by atoms with Crippen molar-refractivity contribution in [2.75, 3.05) is 0 Å². The molecule has 0 fully saturated rings. The van der Waals surface area contributed by atoms with Gasteiger partial charge in [0.05, 0.1) is 0 Å². The van der Waals surface area contributed by atoms with Crippen molar-refractivity contribution in [2.24, 2.45) is 0 Å². The summed E-state index contributed by atoms with van der Waals surface area (Å²) in [7, 11) is 0. The van der Waals surface area contributed by atoms with Gasteiger partial charge in [-0.25, -0.2) is 0 Å². The van der Waals surface area contributed by atoms with Gasteiger partial charge in [-0.05, 0) is 0 Å². The molecule has 0 aliphatic rings. The third kappa shape index (κ3) is 11.2. The zero-order valence-corrected chi connectivity index (χ0v) is 10.5. The van der Waals surface area contributed by atoms with Gasteiger partial charge < -0.3 is 24.8 Å². The maximum atomic E-state index is 9.93. The summed E-state index contributed by atoms with van der Waals surface area (Å²) in [6.07, 6.45) is 0. The van der Waals surface area contributed by atoms with E-state index in [2.05, 4.69) is 37.5 Å². The fourth-order valence-corrected chi connectivity index (χ4v) is 1.31. The van der Waals surface area contributed by atoms with Crippen molar-refractivity contribution in [2.45, 2.75) is 0 Å². The van der Waals surface area contributed by atoms with Crippen molar-refractivity contribution in [1.29, 1.82) is 0 Å². The van der Waals surface area contributed by atoms with Crippen LogP contribution in [0.15, 0.2) is 0 Å². The van der Waals surface area contributed by atoms with E-state index in [4.69, 9.17) is 0 Å². The first-order valence-corrected chi connectivity index (χ1v) is 3.32. The predicted molar refractivity (Wildman–Crippen MR) is 41.9 cm³/mol. The summed E-state index contributed by atoms with van der Waals surface area (Å²) < 4.78 is -0.153. The Kier molecular flexibility index (Phi) is 12.0. The fraction of sp³-hybridized carbons (Fsp3) is 0. The zero-order chi connectivity index (χ0) is 5.86. The number of hydrogen-bond acceptors (Lipinski definition) is 4. The van der Waals surface area contributed by atoms with E-state index >= 15 is 0 Å². The van der Waals surface area contributed by atoms with Crippen LogP contribution in [-0.2, 0) is 12.6 Å². The van der Waals surface area contributed by atoms with Crippen LogP contribution in [0.1, 0.15) is 0 Å². The number of hydrogen-bond donors (Lipinski definition) is 1. The largest absolute Gasteiger partial charge is 1.00 e. The molecule has 0 aromatic rings. The molecule has 0 atom stereocenters. The topological polar surface area (TPSA) is 17.1 Å². The first-order valence-electron chi connectivity index (χ1n) is 1.24. The van der Waals surface area contributed by atoms with Crippen molar-refractivity contribution in [3.05, 3.63) is 0 Å². The second-order valence-corrected chi connectivity index (χ2v) is 3.90. The Morgan fingerprint density at radius 1 is 1.75 bits per heavy atom. The van der Waals surface area contributed by atoms with Gasteiger partial charge in [0.15, 0.2) is 0 Å². The van der Waals surface area contributed by atoms with E-state index in [0.717, 1.165) is 11.8 Å². The maximum absolute atomic E-state index is 9.93. The van der Waals surface area contributed by atoms with Crippen LogP contribution in [0.2, 0.25) is 0 Å². The SMILES string of the molecule is O=C(S)SC(=S)[S-].[K+]. The van der Waals surface area contributed by atoms with E-state index < -0.39 is 0 Å². The van der Waals surface area contributed by atoms with Gasteiger partial charge in [-0.3, -0.25) is 4.79 Å². The smallest absolute Gasteiger partial charge is 0.421 e. The molecular weight excluding hydrogens is 207 g/mol. The van der Waals surface area contributed by atoms with E-state index in [1.54, 1.807) is 0 Å². The molecular formula is C2HKOS4. The van der Waals surface area contributed by atoms with Gasteiger partial charge in [0.25, 0.3) is 0 Å². The molecule has 6 heteroatoms. The molecule has 0 amide bonds. The van der Waals surface area contributed by atoms with Crippen molar-refractivity contribution < 1.29 is 56.2 Å². The molecule has 8 heavy (non-hydrogen) atoms. The predicted octanol–water partition coefficient (Wildman–Crippen LogP) is -1.39. The van der Waals surface area contributed by atoms with Crippen LogP contribution >= 0.6 is 36.6 Å². The van der Waals surface area contributed by atoms with Gasteiger partial charge in [0.2, 0.25) is 4.45 Å². The quantitative estimate of drug-likeness (QED) is 0.228. The van der Waals surface area contributed by atoms with Gasteiger partial charge in [-0.2, -0.15) is 0 Å². The molecule has 0 N–H and O–H groups in total. The Balaban J connectivity index is 0. The summed E-state index contributed by atoms with van der Waals surface area (Å²) in [5, 5.41) is 0. The number of rotatable bonds is 0. The number of thioether (sulfide) groups is 1. The number of thiol groups is 1. The Labute approximate surface area is 111 Å². The monoisotopic (exact) mass is 208 g/mol. The molecule has 0 aromatic carbocycles. The zero-order valence-electron chi connectivity index (χ0n) is 4.08. The van der Waals surface area contributed by atoms with E-state index in [1.807, 2.05) is 0 Å². The van der Waals surface area contributed by atoms with Crippen LogP contribution in [-0.4, -0.2) is 7.98 Å². The Bertz CT molecular complexity index is 90.2. The van der Waals surface area contributed by atoms with Crippen LogP contribution in [0.4, 0.5) is 4.79 Å². The fourth-order valence-electron chi connectivity index (χ4n) is 0.0713. The molecule has 0 heterocycles. The second kappa shape index (κ2) is 7.42. The van der Waals surface area contributed by atoms with E-state index in [1.165, 1.54) is 0 Å². The van der Waals surface area contributed by atoms with Crippen molar-refractivity contribution in [1.82, 2.24) is 0 Å². The summed E-state index contributed by atoms with van der Waals surface area (Å²) in [5.41, 5.74) is 0. The minimum Gasteiger partial charge on any atom is -0.421 e. The summed E-state index contributed by atoms with van der Waals surface area (Å²) in [6.45, 7) is 0. The molecule has 40 valence electrons. The molecule has 0 aliphatic carbocycles. The van der Waals surface area contributed by atoms with Gasteiger partial charge >= 0.3 is 51.4 Å². The first kappa shape index (κ1) is 12.9. The third-order valence-corrected chi connectivity index (χ3v) is 1.29. The summed E-state index contributed by atoms with van der Waals surface area (Å²) in [6, 6.07) is 0. The number of carbonyl (C=O) groups excluding carboxylic acids is 1. The number of thiocarbonyl (C=S) groups is 1. The standard InChI is InChI=1S/C2H2OS4.K/c3-1(4)7-2(5)6;/h(H,3,4)(H,5,6);/q;+1/p-1. The Morgan fingerprint density at radius 3 is 2.12 bits per heavy atom. The Hall–Kier alpha value is 2.32. The van der Waals surface area contributed by atoms with Crippen LogP contribution in [0.5, 0.6) is 0 Å². The third-order valence-electron chi connectivity index (χ3n) is 0.171. The van der Waals surface area contributed by atoms with E-state index in [0.29, 0.717) is 0 Å². The molecule has 0 unspecified atom stereocenters. The molecule has 0 aliphatic heterocycles. The molecule has 0 rings (SSSR count). The summed E-state index contributed by atoms with van der Waals surface area (Å²) in [4.78, 5) is 9.93. The van der Waals surface area contributed by atoms with Crippen LogP contribution < -0.4 is 51.4 Å². The molecule has 1 nitrogen and oxygen atoms in total. The Morgan fingerprint density at radius 2 is 2.12 bits per heavy atom.